The smallest absolute Gasteiger partial charge is 0.331 e. The van der Waals surface area contributed by atoms with Crippen LogP contribution in [0.15, 0.2) is 60.7 Å². The fourth-order valence-electron chi connectivity index (χ4n) is 2.93. The van der Waals surface area contributed by atoms with E-state index < -0.39 is 35.7 Å². The molecule has 0 N–H and O–H groups in total. The summed E-state index contributed by atoms with van der Waals surface area (Å²) in [6, 6.07) is 11.9. The average molecular weight is 525 g/mol. The monoisotopic (exact) mass is 524 g/mol. The van der Waals surface area contributed by atoms with E-state index in [-0.39, 0.29) is 24.7 Å². The summed E-state index contributed by atoms with van der Waals surface area (Å²) in [6.07, 6.45) is 3.70. The maximum absolute atomic E-state index is 12.3. The number of carbonyl (C=O) groups is 6. The zero-order valence-corrected chi connectivity index (χ0v) is 21.0. The molecule has 2 rings (SSSR count). The van der Waals surface area contributed by atoms with Crippen molar-refractivity contribution >= 4 is 36.4 Å². The standard InChI is InChI=1S/C28H28O10/c1-3-21(27(33)37-23-9-5-19(15-29)6-10-23)17-35-25(31)13-14-26(32)36-18-22(4-2)28(34)38-24-11-7-20(16-30)8-12-24/h5-16,21-22H,3-4,17-18H2,1-2H3/b14-13-. The Morgan fingerprint density at radius 2 is 0.974 bits per heavy atom. The van der Waals surface area contributed by atoms with Crippen LogP contribution < -0.4 is 9.47 Å². The van der Waals surface area contributed by atoms with Gasteiger partial charge in [-0.2, -0.15) is 0 Å². The molecule has 2 aromatic rings. The Kier molecular flexibility index (Phi) is 12.1. The highest BCUT2D eigenvalue weighted by Crippen LogP contribution is 2.16. The van der Waals surface area contributed by atoms with Crippen LogP contribution >= 0.6 is 0 Å². The molecular formula is C28H28O10. The van der Waals surface area contributed by atoms with Gasteiger partial charge >= 0.3 is 23.9 Å². The number of esters is 4. The molecule has 2 unspecified atom stereocenters. The Morgan fingerprint density at radius 1 is 0.632 bits per heavy atom. The van der Waals surface area contributed by atoms with Gasteiger partial charge in [-0.05, 0) is 61.4 Å². The van der Waals surface area contributed by atoms with E-state index in [1.54, 1.807) is 13.8 Å². The van der Waals surface area contributed by atoms with Crippen LogP contribution in [0.1, 0.15) is 47.4 Å². The predicted molar refractivity (Wildman–Crippen MR) is 134 cm³/mol. The molecule has 0 aliphatic rings. The first kappa shape index (κ1) is 29.6. The van der Waals surface area contributed by atoms with Gasteiger partial charge < -0.3 is 18.9 Å². The molecule has 0 bridgehead atoms. The predicted octanol–water partition coefficient (Wildman–Crippen LogP) is 3.52. The van der Waals surface area contributed by atoms with Gasteiger partial charge in [0.25, 0.3) is 0 Å². The quantitative estimate of drug-likeness (QED) is 0.156. The van der Waals surface area contributed by atoms with Gasteiger partial charge in [-0.3, -0.25) is 19.2 Å². The Hall–Kier alpha value is -4.60. The summed E-state index contributed by atoms with van der Waals surface area (Å²) in [5.41, 5.74) is 0.868. The summed E-state index contributed by atoms with van der Waals surface area (Å²) in [5, 5.41) is 0. The molecule has 200 valence electrons. The van der Waals surface area contributed by atoms with Crippen LogP contribution in [-0.4, -0.2) is 49.7 Å². The van der Waals surface area contributed by atoms with Crippen LogP contribution in [0.2, 0.25) is 0 Å². The molecule has 10 heteroatoms. The van der Waals surface area contributed by atoms with Crippen LogP contribution in [-0.2, 0) is 28.7 Å². The van der Waals surface area contributed by atoms with Crippen molar-refractivity contribution in [1.82, 2.24) is 0 Å². The highest BCUT2D eigenvalue weighted by Gasteiger charge is 2.22. The molecule has 2 aromatic carbocycles. The normalized spacial score (nSPS) is 12.2. The lowest BCUT2D eigenvalue weighted by Gasteiger charge is -2.14. The van der Waals surface area contributed by atoms with Crippen LogP contribution in [0.3, 0.4) is 0 Å². The molecule has 0 radical (unpaired) electrons. The fraction of sp³-hybridized carbons (Fsp3) is 0.286. The molecule has 0 aromatic heterocycles. The molecule has 0 fully saturated rings. The first-order valence-electron chi connectivity index (χ1n) is 11.8. The van der Waals surface area contributed by atoms with Crippen molar-refractivity contribution in [2.24, 2.45) is 11.8 Å². The van der Waals surface area contributed by atoms with Crippen molar-refractivity contribution in [2.75, 3.05) is 13.2 Å². The molecule has 0 saturated heterocycles. The summed E-state index contributed by atoms with van der Waals surface area (Å²) >= 11 is 0. The molecule has 10 nitrogen and oxygen atoms in total. The molecule has 38 heavy (non-hydrogen) atoms. The second-order valence-corrected chi connectivity index (χ2v) is 8.02. The second-order valence-electron chi connectivity index (χ2n) is 8.02. The van der Waals surface area contributed by atoms with Crippen LogP contribution in [0.4, 0.5) is 0 Å². The minimum absolute atomic E-state index is 0.248. The molecule has 0 aliphatic heterocycles. The van der Waals surface area contributed by atoms with Crippen molar-refractivity contribution in [3.63, 3.8) is 0 Å². The van der Waals surface area contributed by atoms with Gasteiger partial charge in [-0.1, -0.05) is 13.8 Å². The third-order valence-electron chi connectivity index (χ3n) is 5.33. The maximum atomic E-state index is 12.3. The van der Waals surface area contributed by atoms with Crippen LogP contribution in [0.5, 0.6) is 11.5 Å². The lowest BCUT2D eigenvalue weighted by molar-refractivity contribution is -0.149. The number of benzene rings is 2. The Morgan fingerprint density at radius 3 is 1.26 bits per heavy atom. The van der Waals surface area contributed by atoms with Gasteiger partial charge in [0.05, 0.1) is 11.8 Å². The maximum Gasteiger partial charge on any atom is 0.331 e. The van der Waals surface area contributed by atoms with Crippen LogP contribution in [0.25, 0.3) is 0 Å². The first-order chi connectivity index (χ1) is 18.3. The minimum atomic E-state index is -0.867. The van der Waals surface area contributed by atoms with Gasteiger partial charge in [0.1, 0.15) is 37.3 Å². The van der Waals surface area contributed by atoms with Gasteiger partial charge in [0, 0.05) is 23.3 Å². The highest BCUT2D eigenvalue weighted by atomic mass is 16.6. The molecular weight excluding hydrogens is 496 g/mol. The van der Waals surface area contributed by atoms with E-state index in [4.69, 9.17) is 18.9 Å². The first-order valence-corrected chi connectivity index (χ1v) is 11.8. The van der Waals surface area contributed by atoms with Crippen LogP contribution in [0, 0.1) is 11.8 Å². The summed E-state index contributed by atoms with van der Waals surface area (Å²) in [7, 11) is 0. The number of rotatable bonds is 14. The molecule has 2 atom stereocenters. The van der Waals surface area contributed by atoms with Gasteiger partial charge in [-0.15, -0.1) is 0 Å². The number of ether oxygens (including phenoxy) is 4. The van der Waals surface area contributed by atoms with E-state index in [1.165, 1.54) is 48.5 Å². The molecule has 0 aliphatic carbocycles. The second kappa shape index (κ2) is 15.5. The van der Waals surface area contributed by atoms with E-state index >= 15 is 0 Å². The summed E-state index contributed by atoms with van der Waals surface area (Å²) in [4.78, 5) is 70.0. The Labute approximate surface area is 219 Å². The number of hydrogen-bond donors (Lipinski definition) is 0. The summed E-state index contributed by atoms with van der Waals surface area (Å²) < 4.78 is 20.5. The SMILES string of the molecule is CCC(COC(=O)/C=C\C(=O)OCC(CC)C(=O)Oc1ccc(C=O)cc1)C(=O)Oc1ccc(C=O)cc1. The van der Waals surface area contributed by atoms with E-state index in [1.807, 2.05) is 0 Å². The Bertz CT molecular complexity index is 1060. The van der Waals surface area contributed by atoms with Crippen molar-refractivity contribution in [1.29, 1.82) is 0 Å². The third kappa shape index (κ3) is 9.81. The highest BCUT2D eigenvalue weighted by molar-refractivity contribution is 5.92. The van der Waals surface area contributed by atoms with E-state index in [9.17, 15) is 28.8 Å². The fourth-order valence-corrected chi connectivity index (χ4v) is 2.93. The van der Waals surface area contributed by atoms with Crippen molar-refractivity contribution < 1.29 is 47.7 Å². The number of aldehydes is 2. The molecule has 0 amide bonds. The molecule has 0 spiro atoms. The van der Waals surface area contributed by atoms with E-state index in [2.05, 4.69) is 0 Å². The topological polar surface area (TPSA) is 139 Å². The minimum Gasteiger partial charge on any atom is -0.462 e. The lowest BCUT2D eigenvalue weighted by Crippen LogP contribution is -2.26. The van der Waals surface area contributed by atoms with Gasteiger partial charge in [0.15, 0.2) is 0 Å². The summed E-state index contributed by atoms with van der Waals surface area (Å²) in [6.45, 7) is 2.91. The lowest BCUT2D eigenvalue weighted by atomic mass is 10.1. The Balaban J connectivity index is 1.77. The van der Waals surface area contributed by atoms with Crippen molar-refractivity contribution in [3.8, 4) is 11.5 Å². The zero-order chi connectivity index (χ0) is 27.9. The van der Waals surface area contributed by atoms with Crippen molar-refractivity contribution in [2.45, 2.75) is 26.7 Å². The zero-order valence-electron chi connectivity index (χ0n) is 21.0. The molecule has 0 heterocycles. The van der Waals surface area contributed by atoms with Gasteiger partial charge in [-0.25, -0.2) is 9.59 Å². The van der Waals surface area contributed by atoms with E-state index in [0.717, 1.165) is 12.2 Å². The third-order valence-corrected chi connectivity index (χ3v) is 5.33. The van der Waals surface area contributed by atoms with Gasteiger partial charge in [0.2, 0.25) is 0 Å². The number of carbonyl (C=O) groups excluding carboxylic acids is 6. The summed E-state index contributed by atoms with van der Waals surface area (Å²) in [5.74, 6) is -3.94. The largest absolute Gasteiger partial charge is 0.462 e. The van der Waals surface area contributed by atoms with E-state index in [0.29, 0.717) is 36.5 Å². The van der Waals surface area contributed by atoms with Crippen molar-refractivity contribution in [3.05, 3.63) is 71.8 Å². The average Bonchev–Trinajstić information content (AvgIpc) is 2.93. The molecule has 0 saturated carbocycles. The number of hydrogen-bond acceptors (Lipinski definition) is 10.